The zero-order chi connectivity index (χ0) is 19.6. The zero-order valence-corrected chi connectivity index (χ0v) is 15.5. The van der Waals surface area contributed by atoms with Crippen LogP contribution in [-0.2, 0) is 14.4 Å². The number of hydrogen-bond acceptors (Lipinski definition) is 6. The summed E-state index contributed by atoms with van der Waals surface area (Å²) < 4.78 is 5.37. The third-order valence-electron chi connectivity index (χ3n) is 4.56. The van der Waals surface area contributed by atoms with Crippen LogP contribution in [0.2, 0.25) is 0 Å². The smallest absolute Gasteiger partial charge is 0.326 e. The molecule has 27 heavy (non-hydrogen) atoms. The van der Waals surface area contributed by atoms with E-state index in [1.807, 2.05) is 0 Å². The van der Waals surface area contributed by atoms with Gasteiger partial charge in [-0.2, -0.15) is 0 Å². The van der Waals surface area contributed by atoms with Crippen LogP contribution in [0, 0.1) is 0 Å². The van der Waals surface area contributed by atoms with Crippen LogP contribution in [0.4, 0.5) is 0 Å². The summed E-state index contributed by atoms with van der Waals surface area (Å²) in [7, 11) is 0. The molecule has 7 nitrogen and oxygen atoms in total. The fourth-order valence-corrected chi connectivity index (χ4v) is 4.20. The summed E-state index contributed by atoms with van der Waals surface area (Å²) in [6.07, 6.45) is 2.11. The van der Waals surface area contributed by atoms with Gasteiger partial charge in [0, 0.05) is 25.3 Å². The number of thioether (sulfide) groups is 1. The Hall–Kier alpha value is -2.61. The Morgan fingerprint density at radius 2 is 2.04 bits per heavy atom. The summed E-state index contributed by atoms with van der Waals surface area (Å²) in [6.45, 7) is 1.63. The van der Waals surface area contributed by atoms with E-state index >= 15 is 0 Å². The van der Waals surface area contributed by atoms with E-state index in [9.17, 15) is 24.3 Å². The molecular weight excluding hydrogens is 370 g/mol. The topological polar surface area (TPSA) is 105 Å². The summed E-state index contributed by atoms with van der Waals surface area (Å²) in [5, 5.41) is 8.69. The first-order chi connectivity index (χ1) is 12.9. The van der Waals surface area contributed by atoms with Gasteiger partial charge in [0.15, 0.2) is 10.9 Å². The SMILES string of the molecule is CC(=O)SC(CC(=O)c1coc2ccccc12)C(=O)N1CCC[C@H]1C(=O)O. The third kappa shape index (κ3) is 4.05. The minimum absolute atomic E-state index is 0.199. The van der Waals surface area contributed by atoms with Crippen LogP contribution >= 0.6 is 11.8 Å². The number of rotatable bonds is 6. The predicted molar refractivity (Wildman–Crippen MR) is 99.6 cm³/mol. The zero-order valence-electron chi connectivity index (χ0n) is 14.7. The van der Waals surface area contributed by atoms with Crippen molar-refractivity contribution in [2.45, 2.75) is 37.5 Å². The van der Waals surface area contributed by atoms with Gasteiger partial charge >= 0.3 is 5.97 Å². The lowest BCUT2D eigenvalue weighted by atomic mass is 10.0. The van der Waals surface area contributed by atoms with Crippen molar-refractivity contribution in [2.75, 3.05) is 6.54 Å². The molecule has 2 aromatic rings. The van der Waals surface area contributed by atoms with Crippen molar-refractivity contribution in [2.24, 2.45) is 0 Å². The second-order valence-corrected chi connectivity index (χ2v) is 7.78. The van der Waals surface area contributed by atoms with Gasteiger partial charge in [-0.05, 0) is 18.9 Å². The van der Waals surface area contributed by atoms with E-state index in [0.717, 1.165) is 11.8 Å². The number of nitrogens with zero attached hydrogens (tertiary/aromatic N) is 1. The Labute approximate surface area is 159 Å². The van der Waals surface area contributed by atoms with E-state index in [0.29, 0.717) is 35.9 Å². The third-order valence-corrected chi connectivity index (χ3v) is 5.54. The number of para-hydroxylation sites is 1. The van der Waals surface area contributed by atoms with Crippen LogP contribution < -0.4 is 0 Å². The summed E-state index contributed by atoms with van der Waals surface area (Å²) in [5.74, 6) is -1.88. The molecule has 1 aliphatic heterocycles. The number of amides is 1. The van der Waals surface area contributed by atoms with Gasteiger partial charge in [-0.3, -0.25) is 14.4 Å². The van der Waals surface area contributed by atoms with Crippen LogP contribution in [0.3, 0.4) is 0 Å². The van der Waals surface area contributed by atoms with Crippen LogP contribution in [0.15, 0.2) is 34.9 Å². The summed E-state index contributed by atoms with van der Waals surface area (Å²) in [6, 6.07) is 6.15. The number of Topliss-reactive ketones (excluding diaryl/α,β-unsaturated/α-hetero) is 1. The Balaban J connectivity index is 1.82. The first kappa shape index (κ1) is 19.2. The number of benzene rings is 1. The summed E-state index contributed by atoms with van der Waals surface area (Å²) in [4.78, 5) is 49.9. The molecule has 0 aliphatic carbocycles. The summed E-state index contributed by atoms with van der Waals surface area (Å²) in [5.41, 5.74) is 0.914. The molecular formula is C19H19NO6S. The molecule has 1 aliphatic rings. The molecule has 1 aromatic carbocycles. The number of carbonyl (C=O) groups is 4. The van der Waals surface area contributed by atoms with Crippen molar-refractivity contribution in [1.29, 1.82) is 0 Å². The van der Waals surface area contributed by atoms with E-state index in [1.165, 1.54) is 18.1 Å². The van der Waals surface area contributed by atoms with Gasteiger partial charge in [0.05, 0.1) is 10.8 Å². The Bertz CT molecular complexity index is 904. The number of carbonyl (C=O) groups excluding carboxylic acids is 3. The molecule has 0 spiro atoms. The molecule has 0 radical (unpaired) electrons. The van der Waals surface area contributed by atoms with Gasteiger partial charge in [0.2, 0.25) is 5.91 Å². The van der Waals surface area contributed by atoms with Crippen LogP contribution in [0.25, 0.3) is 11.0 Å². The Morgan fingerprint density at radius 3 is 2.74 bits per heavy atom. The predicted octanol–water partition coefficient (Wildman–Crippen LogP) is 2.73. The molecule has 1 fully saturated rings. The number of furan rings is 1. The highest BCUT2D eigenvalue weighted by molar-refractivity contribution is 8.14. The average molecular weight is 389 g/mol. The van der Waals surface area contributed by atoms with Crippen LogP contribution in [0.5, 0.6) is 0 Å². The van der Waals surface area contributed by atoms with Crippen LogP contribution in [-0.4, -0.2) is 50.6 Å². The largest absolute Gasteiger partial charge is 0.480 e. The molecule has 0 saturated carbocycles. The van der Waals surface area contributed by atoms with Crippen molar-refractivity contribution >= 4 is 45.5 Å². The second-order valence-electron chi connectivity index (χ2n) is 6.40. The highest BCUT2D eigenvalue weighted by Gasteiger charge is 2.38. The van der Waals surface area contributed by atoms with Gasteiger partial charge in [-0.25, -0.2) is 4.79 Å². The average Bonchev–Trinajstić information content (AvgIpc) is 3.27. The minimum atomic E-state index is -1.07. The van der Waals surface area contributed by atoms with Crippen molar-refractivity contribution in [1.82, 2.24) is 4.90 Å². The van der Waals surface area contributed by atoms with E-state index in [1.54, 1.807) is 24.3 Å². The molecule has 8 heteroatoms. The first-order valence-electron chi connectivity index (χ1n) is 8.58. The Morgan fingerprint density at radius 1 is 1.30 bits per heavy atom. The molecule has 1 unspecified atom stereocenters. The van der Waals surface area contributed by atoms with E-state index < -0.39 is 23.2 Å². The van der Waals surface area contributed by atoms with E-state index in [-0.39, 0.29) is 17.3 Å². The fraction of sp³-hybridized carbons (Fsp3) is 0.368. The maximum atomic E-state index is 12.9. The van der Waals surface area contributed by atoms with Gasteiger partial charge in [-0.15, -0.1) is 0 Å². The minimum Gasteiger partial charge on any atom is -0.480 e. The van der Waals surface area contributed by atoms with Crippen molar-refractivity contribution in [3.05, 3.63) is 36.1 Å². The lowest BCUT2D eigenvalue weighted by Crippen LogP contribution is -2.45. The highest BCUT2D eigenvalue weighted by Crippen LogP contribution is 2.28. The van der Waals surface area contributed by atoms with Gasteiger partial charge in [0.25, 0.3) is 0 Å². The molecule has 1 N–H and O–H groups in total. The molecule has 2 atom stereocenters. The lowest BCUT2D eigenvalue weighted by Gasteiger charge is -2.25. The maximum Gasteiger partial charge on any atom is 0.326 e. The molecule has 1 aromatic heterocycles. The fourth-order valence-electron chi connectivity index (χ4n) is 3.32. The number of carboxylic acid groups (broad SMARTS) is 1. The maximum absolute atomic E-state index is 12.9. The van der Waals surface area contributed by atoms with Gasteiger partial charge in [-0.1, -0.05) is 30.0 Å². The number of aliphatic carboxylic acids is 1. The number of hydrogen-bond donors (Lipinski definition) is 1. The molecule has 0 bridgehead atoms. The van der Waals surface area contributed by atoms with Crippen molar-refractivity contribution in [3.8, 4) is 0 Å². The second kappa shape index (κ2) is 7.96. The van der Waals surface area contributed by atoms with Gasteiger partial charge < -0.3 is 14.4 Å². The van der Waals surface area contributed by atoms with Gasteiger partial charge in [0.1, 0.15) is 17.9 Å². The number of carboxylic acids is 1. The normalized spacial score (nSPS) is 17.8. The highest BCUT2D eigenvalue weighted by atomic mass is 32.2. The number of likely N-dealkylation sites (tertiary alicyclic amines) is 1. The number of ketones is 1. The number of fused-ring (bicyclic) bond motifs is 1. The first-order valence-corrected chi connectivity index (χ1v) is 9.46. The van der Waals surface area contributed by atoms with E-state index in [2.05, 4.69) is 0 Å². The molecule has 3 rings (SSSR count). The monoisotopic (exact) mass is 389 g/mol. The van der Waals surface area contributed by atoms with E-state index in [4.69, 9.17) is 4.42 Å². The standard InChI is InChI=1S/C19H19NO6S/c1-11(21)27-17(18(23)20-8-4-6-14(20)19(24)25)9-15(22)13-10-26-16-7-3-2-5-12(13)16/h2-3,5,7,10,14,17H,4,6,8-9H2,1H3,(H,24,25)/t14-,17?/m0/s1. The van der Waals surface area contributed by atoms with Crippen LogP contribution in [0.1, 0.15) is 36.5 Å². The Kier molecular flexibility index (Phi) is 5.65. The molecule has 142 valence electrons. The summed E-state index contributed by atoms with van der Waals surface area (Å²) >= 11 is 0.765. The molecule has 1 saturated heterocycles. The van der Waals surface area contributed by atoms with Crippen molar-refractivity contribution in [3.63, 3.8) is 0 Å². The quantitative estimate of drug-likeness (QED) is 0.757. The lowest BCUT2D eigenvalue weighted by molar-refractivity contribution is -0.148. The molecule has 2 heterocycles. The van der Waals surface area contributed by atoms with Crippen molar-refractivity contribution < 1.29 is 28.7 Å². The molecule has 1 amide bonds.